The predicted molar refractivity (Wildman–Crippen MR) is 107 cm³/mol. The van der Waals surface area contributed by atoms with Crippen LogP contribution in [-0.4, -0.2) is 36.7 Å². The second kappa shape index (κ2) is 7.19. The van der Waals surface area contributed by atoms with E-state index in [-0.39, 0.29) is 42.4 Å². The van der Waals surface area contributed by atoms with Crippen LogP contribution in [0.4, 0.5) is 14.9 Å². The van der Waals surface area contributed by atoms with Gasteiger partial charge in [0.1, 0.15) is 5.82 Å². The summed E-state index contributed by atoms with van der Waals surface area (Å²) in [6.45, 7) is 1.63. The Balaban J connectivity index is 1.14. The first-order chi connectivity index (χ1) is 14.5. The average molecular weight is 411 g/mol. The first kappa shape index (κ1) is 18.7. The third-order valence-corrected chi connectivity index (χ3v) is 6.15. The van der Waals surface area contributed by atoms with E-state index in [1.54, 1.807) is 35.2 Å². The Morgan fingerprint density at radius 3 is 2.90 bits per heavy atom. The average Bonchev–Trinajstić information content (AvgIpc) is 3.04. The van der Waals surface area contributed by atoms with Gasteiger partial charge in [-0.1, -0.05) is 12.1 Å². The lowest BCUT2D eigenvalue weighted by Gasteiger charge is -2.17. The van der Waals surface area contributed by atoms with Gasteiger partial charge in [-0.3, -0.25) is 4.79 Å². The number of likely N-dealkylation sites (tertiary alicyclic amines) is 1. The number of benzene rings is 2. The highest BCUT2D eigenvalue weighted by Gasteiger charge is 2.61. The predicted octanol–water partition coefficient (Wildman–Crippen LogP) is 3.11. The number of hydrogen-bond acceptors (Lipinski definition) is 4. The Bertz CT molecular complexity index is 1010. The Morgan fingerprint density at radius 2 is 2.03 bits per heavy atom. The number of nitrogens with one attached hydrogen (secondary N) is 2. The van der Waals surface area contributed by atoms with Crippen LogP contribution in [0.5, 0.6) is 11.5 Å². The summed E-state index contributed by atoms with van der Waals surface area (Å²) >= 11 is 0. The summed E-state index contributed by atoms with van der Waals surface area (Å²) in [4.78, 5) is 27.0. The molecule has 2 unspecified atom stereocenters. The summed E-state index contributed by atoms with van der Waals surface area (Å²) in [6, 6.07) is 11.3. The van der Waals surface area contributed by atoms with E-state index in [4.69, 9.17) is 9.47 Å². The van der Waals surface area contributed by atoms with Crippen molar-refractivity contribution in [2.45, 2.75) is 19.4 Å². The van der Waals surface area contributed by atoms with Crippen LogP contribution < -0.4 is 20.1 Å². The van der Waals surface area contributed by atoms with Gasteiger partial charge < -0.3 is 25.0 Å². The molecule has 2 N–H and O–H groups in total. The molecule has 1 aliphatic carbocycles. The normalized spacial score (nSPS) is 23.5. The molecule has 2 aliphatic heterocycles. The van der Waals surface area contributed by atoms with Crippen molar-refractivity contribution < 1.29 is 23.5 Å². The highest BCUT2D eigenvalue weighted by molar-refractivity contribution is 5.95. The summed E-state index contributed by atoms with van der Waals surface area (Å²) in [5.41, 5.74) is 1.25. The van der Waals surface area contributed by atoms with Crippen LogP contribution in [0.15, 0.2) is 42.5 Å². The SMILES string of the molecule is O=C(Nc1ccc2c(c1)OCO2)C1CC12CCN(C(=O)NCc1cccc(F)c1)C2. The molecule has 0 aromatic heterocycles. The second-order valence-electron chi connectivity index (χ2n) is 8.14. The number of halogens is 1. The molecule has 3 amide bonds. The van der Waals surface area contributed by atoms with Crippen molar-refractivity contribution in [3.63, 3.8) is 0 Å². The Hall–Kier alpha value is -3.29. The highest BCUT2D eigenvalue weighted by atomic mass is 19.1. The monoisotopic (exact) mass is 411 g/mol. The van der Waals surface area contributed by atoms with Gasteiger partial charge in [0.05, 0.1) is 0 Å². The minimum atomic E-state index is -0.323. The molecule has 2 heterocycles. The van der Waals surface area contributed by atoms with Crippen LogP contribution in [0.1, 0.15) is 18.4 Å². The van der Waals surface area contributed by atoms with Crippen LogP contribution in [-0.2, 0) is 11.3 Å². The maximum absolute atomic E-state index is 13.3. The number of ether oxygens (including phenoxy) is 2. The summed E-state index contributed by atoms with van der Waals surface area (Å²) in [7, 11) is 0. The fourth-order valence-electron chi connectivity index (χ4n) is 4.38. The summed E-state index contributed by atoms with van der Waals surface area (Å²) in [6.07, 6.45) is 1.58. The lowest BCUT2D eigenvalue weighted by Crippen LogP contribution is -2.38. The van der Waals surface area contributed by atoms with Gasteiger partial charge in [0, 0.05) is 42.7 Å². The summed E-state index contributed by atoms with van der Waals surface area (Å²) in [5, 5.41) is 5.79. The molecule has 8 heteroatoms. The number of rotatable bonds is 4. The third kappa shape index (κ3) is 3.53. The molecule has 0 bridgehead atoms. The fourth-order valence-corrected chi connectivity index (χ4v) is 4.38. The van der Waals surface area contributed by atoms with Crippen LogP contribution in [0.3, 0.4) is 0 Å². The van der Waals surface area contributed by atoms with Gasteiger partial charge in [-0.05, 0) is 42.7 Å². The quantitative estimate of drug-likeness (QED) is 0.810. The minimum absolute atomic E-state index is 0.0316. The summed E-state index contributed by atoms with van der Waals surface area (Å²) in [5.74, 6) is 0.836. The van der Waals surface area contributed by atoms with Gasteiger partial charge in [0.2, 0.25) is 12.7 Å². The zero-order chi connectivity index (χ0) is 20.7. The number of fused-ring (bicyclic) bond motifs is 1. The van der Waals surface area contributed by atoms with E-state index < -0.39 is 0 Å². The fraction of sp³-hybridized carbons (Fsp3) is 0.364. The Morgan fingerprint density at radius 1 is 1.17 bits per heavy atom. The van der Waals surface area contributed by atoms with Gasteiger partial charge in [-0.15, -0.1) is 0 Å². The van der Waals surface area contributed by atoms with Crippen molar-refractivity contribution in [2.75, 3.05) is 25.2 Å². The molecule has 3 aliphatic rings. The third-order valence-electron chi connectivity index (χ3n) is 6.15. The summed E-state index contributed by atoms with van der Waals surface area (Å²) < 4.78 is 23.9. The molecule has 2 aromatic rings. The molecule has 1 spiro atoms. The van der Waals surface area contributed by atoms with Crippen LogP contribution in [0, 0.1) is 17.2 Å². The van der Waals surface area contributed by atoms with E-state index in [2.05, 4.69) is 10.6 Å². The van der Waals surface area contributed by atoms with Crippen LogP contribution in [0.2, 0.25) is 0 Å². The van der Waals surface area contributed by atoms with E-state index in [0.717, 1.165) is 12.8 Å². The minimum Gasteiger partial charge on any atom is -0.454 e. The van der Waals surface area contributed by atoms with Crippen molar-refractivity contribution in [3.8, 4) is 11.5 Å². The zero-order valence-electron chi connectivity index (χ0n) is 16.3. The lowest BCUT2D eigenvalue weighted by atomic mass is 10.0. The number of carbonyl (C=O) groups excluding carboxylic acids is 2. The molecule has 2 atom stereocenters. The van der Waals surface area contributed by atoms with Gasteiger partial charge in [0.15, 0.2) is 11.5 Å². The molecule has 2 fully saturated rings. The molecular formula is C22H22FN3O4. The maximum atomic E-state index is 13.3. The number of amides is 3. The van der Waals surface area contributed by atoms with Crippen molar-refractivity contribution in [2.24, 2.45) is 11.3 Å². The first-order valence-corrected chi connectivity index (χ1v) is 10.0. The largest absolute Gasteiger partial charge is 0.454 e. The number of carbonyl (C=O) groups is 2. The molecular weight excluding hydrogens is 389 g/mol. The Kier molecular flexibility index (Phi) is 4.49. The van der Waals surface area contributed by atoms with Crippen molar-refractivity contribution in [1.29, 1.82) is 0 Å². The molecule has 1 saturated heterocycles. The van der Waals surface area contributed by atoms with Gasteiger partial charge >= 0.3 is 6.03 Å². The molecule has 30 heavy (non-hydrogen) atoms. The topological polar surface area (TPSA) is 79.9 Å². The highest BCUT2D eigenvalue weighted by Crippen LogP contribution is 2.58. The number of hydrogen-bond donors (Lipinski definition) is 2. The molecule has 2 aromatic carbocycles. The molecule has 5 rings (SSSR count). The first-order valence-electron chi connectivity index (χ1n) is 10.0. The van der Waals surface area contributed by atoms with E-state index in [1.807, 2.05) is 0 Å². The van der Waals surface area contributed by atoms with Gasteiger partial charge in [-0.25, -0.2) is 9.18 Å². The lowest BCUT2D eigenvalue weighted by molar-refractivity contribution is -0.118. The number of anilines is 1. The Labute approximate surface area is 173 Å². The van der Waals surface area contributed by atoms with Gasteiger partial charge in [-0.2, -0.15) is 0 Å². The van der Waals surface area contributed by atoms with Crippen molar-refractivity contribution in [3.05, 3.63) is 53.8 Å². The van der Waals surface area contributed by atoms with Crippen molar-refractivity contribution in [1.82, 2.24) is 10.2 Å². The smallest absolute Gasteiger partial charge is 0.317 e. The van der Waals surface area contributed by atoms with E-state index in [9.17, 15) is 14.0 Å². The zero-order valence-corrected chi connectivity index (χ0v) is 16.3. The van der Waals surface area contributed by atoms with E-state index >= 15 is 0 Å². The molecule has 0 radical (unpaired) electrons. The molecule has 156 valence electrons. The van der Waals surface area contributed by atoms with E-state index in [1.165, 1.54) is 12.1 Å². The number of nitrogens with zero attached hydrogens (tertiary/aromatic N) is 1. The van der Waals surface area contributed by atoms with E-state index in [0.29, 0.717) is 35.8 Å². The van der Waals surface area contributed by atoms with Gasteiger partial charge in [0.25, 0.3) is 0 Å². The van der Waals surface area contributed by atoms with Crippen LogP contribution in [0.25, 0.3) is 0 Å². The molecule has 7 nitrogen and oxygen atoms in total. The van der Waals surface area contributed by atoms with Crippen molar-refractivity contribution >= 4 is 17.6 Å². The maximum Gasteiger partial charge on any atom is 0.317 e. The second-order valence-corrected chi connectivity index (χ2v) is 8.14. The van der Waals surface area contributed by atoms with Crippen LogP contribution >= 0.6 is 0 Å². The standard InChI is InChI=1S/C22H22FN3O4/c23-15-3-1-2-14(8-15)11-24-21(28)26-7-6-22(12-26)10-17(22)20(27)25-16-4-5-18-19(9-16)30-13-29-18/h1-5,8-9,17H,6-7,10-13H2,(H,24,28)(H,25,27). The molecule has 1 saturated carbocycles. The number of urea groups is 1.